The fourth-order valence-electron chi connectivity index (χ4n) is 9.15. The van der Waals surface area contributed by atoms with Gasteiger partial charge in [-0.25, -0.2) is 9.59 Å². The van der Waals surface area contributed by atoms with Crippen LogP contribution in [0.15, 0.2) is 0 Å². The van der Waals surface area contributed by atoms with Gasteiger partial charge in [-0.1, -0.05) is 54.4 Å². The minimum atomic E-state index is -0.548. The zero-order valence-electron chi connectivity index (χ0n) is 51.7. The van der Waals surface area contributed by atoms with Crippen LogP contribution in [0.5, 0.6) is 0 Å². The number of hydrogen-bond donors (Lipinski definition) is 0. The highest BCUT2D eigenvalue weighted by molar-refractivity contribution is 5.81. The van der Waals surface area contributed by atoms with Gasteiger partial charge in [-0.15, -0.1) is 0 Å². The van der Waals surface area contributed by atoms with E-state index in [2.05, 4.69) is 6.92 Å². The van der Waals surface area contributed by atoms with Gasteiger partial charge in [0.05, 0.1) is 34.5 Å². The van der Waals surface area contributed by atoms with Gasteiger partial charge in [-0.05, 0) is 210 Å². The standard InChI is InChI=1S/C17H30O4.C16H28O4.C15H26O4.C14H24O4/c1-5-16(3,4)15(19)20-13-10-14(18)21-17(6-2)11-8-7-9-12-17;1-5-15(3,4)14(18)19-12-13(17)20-16(6-2)10-8-7-9-11-16;1-5-14(2,3)13(17)18-11-8-12(16)19-15(4)9-6-7-10-15;1-5-13(2,3)12(16)17-10-11(15)18-14(4)8-6-7-9-14/h5-13H2,1-4H3;5-12H2,1-4H3;5-11H2,1-4H3;5-10H2,1-4H3. The van der Waals surface area contributed by atoms with E-state index in [1.54, 1.807) is 13.8 Å². The van der Waals surface area contributed by atoms with Gasteiger partial charge in [0.15, 0.2) is 13.2 Å². The molecular formula is C62H108O16. The fourth-order valence-corrected chi connectivity index (χ4v) is 9.15. The lowest BCUT2D eigenvalue weighted by atomic mass is 9.83. The second kappa shape index (κ2) is 33.5. The van der Waals surface area contributed by atoms with Gasteiger partial charge < -0.3 is 37.9 Å². The van der Waals surface area contributed by atoms with Gasteiger partial charge in [0.1, 0.15) is 35.6 Å². The summed E-state index contributed by atoms with van der Waals surface area (Å²) < 4.78 is 42.5. The summed E-state index contributed by atoms with van der Waals surface area (Å²) >= 11 is 0. The molecule has 452 valence electrons. The molecule has 0 aliphatic heterocycles. The quantitative estimate of drug-likeness (QED) is 0.0650. The maximum absolute atomic E-state index is 12.0. The summed E-state index contributed by atoms with van der Waals surface area (Å²) in [6.07, 6.45) is 23.5. The van der Waals surface area contributed by atoms with Gasteiger partial charge in [0, 0.05) is 0 Å². The van der Waals surface area contributed by atoms with Crippen LogP contribution in [0.25, 0.3) is 0 Å². The van der Waals surface area contributed by atoms with Crippen LogP contribution >= 0.6 is 0 Å². The van der Waals surface area contributed by atoms with Gasteiger partial charge in [0.25, 0.3) is 0 Å². The van der Waals surface area contributed by atoms with Crippen LogP contribution in [0, 0.1) is 21.7 Å². The van der Waals surface area contributed by atoms with Crippen LogP contribution in [0.1, 0.15) is 278 Å². The molecule has 4 saturated carbocycles. The molecule has 0 aromatic heterocycles. The van der Waals surface area contributed by atoms with E-state index in [0.717, 1.165) is 122 Å². The van der Waals surface area contributed by atoms with Crippen LogP contribution in [0.2, 0.25) is 0 Å². The van der Waals surface area contributed by atoms with Crippen molar-refractivity contribution in [2.45, 2.75) is 300 Å². The molecule has 0 N–H and O–H groups in total. The number of rotatable bonds is 24. The summed E-state index contributed by atoms with van der Waals surface area (Å²) in [7, 11) is 0. The molecule has 4 fully saturated rings. The van der Waals surface area contributed by atoms with Crippen LogP contribution < -0.4 is 0 Å². The average molecular weight is 1110 g/mol. The SMILES string of the molecule is CCC(C)(C)C(=O)OCC(=O)OC1(C)CCCC1.CCC(C)(C)C(=O)OCCC(=O)OC1(C)CCCC1.CCC1(OC(=O)CCOC(=O)C(C)(C)CC)CCCCC1.CCC1(OC(=O)COC(=O)C(C)(C)CC)CCCCC1. The predicted octanol–water partition coefficient (Wildman–Crippen LogP) is 13.7. The van der Waals surface area contributed by atoms with E-state index in [1.165, 1.54) is 12.8 Å². The number of hydrogen-bond acceptors (Lipinski definition) is 16. The normalized spacial score (nSPS) is 18.3. The number of carbonyl (C=O) groups excluding carboxylic acids is 8. The lowest BCUT2D eigenvalue weighted by molar-refractivity contribution is -0.176. The Hall–Kier alpha value is -4.24. The second-order valence-corrected chi connectivity index (χ2v) is 25.3. The Morgan fingerprint density at radius 3 is 0.872 bits per heavy atom. The first-order chi connectivity index (χ1) is 36.3. The number of carbonyl (C=O) groups is 8. The summed E-state index contributed by atoms with van der Waals surface area (Å²) in [4.78, 5) is 94.2. The smallest absolute Gasteiger partial charge is 0.344 e. The Labute approximate surface area is 470 Å². The van der Waals surface area contributed by atoms with Gasteiger partial charge in [0.2, 0.25) is 0 Å². The van der Waals surface area contributed by atoms with Crippen molar-refractivity contribution in [3.05, 3.63) is 0 Å². The Kier molecular flexibility index (Phi) is 30.8. The van der Waals surface area contributed by atoms with E-state index in [-0.39, 0.29) is 97.5 Å². The van der Waals surface area contributed by atoms with E-state index in [9.17, 15) is 38.4 Å². The first-order valence-corrected chi connectivity index (χ1v) is 29.8. The largest absolute Gasteiger partial charge is 0.465 e. The number of ether oxygens (including phenoxy) is 8. The minimum absolute atomic E-state index is 0.108. The predicted molar refractivity (Wildman–Crippen MR) is 300 cm³/mol. The minimum Gasteiger partial charge on any atom is -0.465 e. The first-order valence-electron chi connectivity index (χ1n) is 29.8. The Bertz CT molecular complexity index is 1870. The Morgan fingerprint density at radius 2 is 0.577 bits per heavy atom. The van der Waals surface area contributed by atoms with Crippen molar-refractivity contribution >= 4 is 47.8 Å². The van der Waals surface area contributed by atoms with E-state index >= 15 is 0 Å². The molecule has 0 atom stereocenters. The number of esters is 8. The van der Waals surface area contributed by atoms with Crippen LogP contribution in [0.4, 0.5) is 0 Å². The van der Waals surface area contributed by atoms with Crippen molar-refractivity contribution in [2.24, 2.45) is 21.7 Å². The molecule has 4 aliphatic carbocycles. The highest BCUT2D eigenvalue weighted by atomic mass is 16.6. The molecule has 0 amide bonds. The molecule has 16 heteroatoms. The molecule has 16 nitrogen and oxygen atoms in total. The van der Waals surface area contributed by atoms with E-state index in [4.69, 9.17) is 37.9 Å². The van der Waals surface area contributed by atoms with Gasteiger partial charge in [-0.2, -0.15) is 0 Å². The molecule has 0 unspecified atom stereocenters. The molecule has 0 saturated heterocycles. The maximum atomic E-state index is 12.0. The van der Waals surface area contributed by atoms with Crippen LogP contribution in [-0.4, -0.2) is 96.6 Å². The van der Waals surface area contributed by atoms with Crippen molar-refractivity contribution in [3.8, 4) is 0 Å². The zero-order valence-corrected chi connectivity index (χ0v) is 51.7. The van der Waals surface area contributed by atoms with Crippen molar-refractivity contribution in [1.29, 1.82) is 0 Å². The molecular weight excluding hydrogens is 1000 g/mol. The van der Waals surface area contributed by atoms with Crippen molar-refractivity contribution in [3.63, 3.8) is 0 Å². The molecule has 0 aromatic carbocycles. The molecule has 0 spiro atoms. The second-order valence-electron chi connectivity index (χ2n) is 25.3. The van der Waals surface area contributed by atoms with E-state index in [1.807, 2.05) is 90.0 Å². The van der Waals surface area contributed by atoms with Crippen LogP contribution in [-0.2, 0) is 76.3 Å². The molecule has 0 aromatic rings. The third-order valence-electron chi connectivity index (χ3n) is 17.0. The highest BCUT2D eigenvalue weighted by Gasteiger charge is 2.38. The zero-order chi connectivity index (χ0) is 59.5. The van der Waals surface area contributed by atoms with E-state index < -0.39 is 33.6 Å². The monoisotopic (exact) mass is 1110 g/mol. The maximum Gasteiger partial charge on any atom is 0.344 e. The fraction of sp³-hybridized carbons (Fsp3) is 0.871. The van der Waals surface area contributed by atoms with Crippen molar-refractivity contribution in [2.75, 3.05) is 26.4 Å². The van der Waals surface area contributed by atoms with E-state index in [0.29, 0.717) is 19.3 Å². The van der Waals surface area contributed by atoms with Crippen LogP contribution in [0.3, 0.4) is 0 Å². The van der Waals surface area contributed by atoms with Gasteiger partial charge >= 0.3 is 47.8 Å². The summed E-state index contributed by atoms with van der Waals surface area (Å²) in [5.74, 6) is -2.58. The highest BCUT2D eigenvalue weighted by Crippen LogP contribution is 2.37. The van der Waals surface area contributed by atoms with Gasteiger partial charge in [-0.3, -0.25) is 28.8 Å². The molecule has 0 heterocycles. The Balaban J connectivity index is 0.000000521. The molecule has 0 radical (unpaired) electrons. The lowest BCUT2D eigenvalue weighted by Crippen LogP contribution is -2.38. The third kappa shape index (κ3) is 25.9. The average Bonchev–Trinajstić information content (AvgIpc) is 4.04. The topological polar surface area (TPSA) is 210 Å². The summed E-state index contributed by atoms with van der Waals surface area (Å²) in [6.45, 7) is 30.0. The van der Waals surface area contributed by atoms with Crippen molar-refractivity contribution < 1.29 is 76.3 Å². The van der Waals surface area contributed by atoms with Crippen molar-refractivity contribution in [1.82, 2.24) is 0 Å². The summed E-state index contributed by atoms with van der Waals surface area (Å²) in [5.41, 5.74) is -3.33. The Morgan fingerprint density at radius 1 is 0.333 bits per heavy atom. The molecule has 4 aliphatic rings. The third-order valence-corrected chi connectivity index (χ3v) is 17.0. The molecule has 78 heavy (non-hydrogen) atoms. The summed E-state index contributed by atoms with van der Waals surface area (Å²) in [5, 5.41) is 0. The summed E-state index contributed by atoms with van der Waals surface area (Å²) in [6, 6.07) is 0. The molecule has 0 bridgehead atoms. The molecule has 4 rings (SSSR count). The first kappa shape index (κ1) is 71.8. The lowest BCUT2D eigenvalue weighted by Gasteiger charge is -2.36.